The summed E-state index contributed by atoms with van der Waals surface area (Å²) in [5, 5.41) is 6.30. The van der Waals surface area contributed by atoms with Crippen LogP contribution in [0.4, 0.5) is 15.8 Å². The smallest absolute Gasteiger partial charge is 0.258 e. The Bertz CT molecular complexity index is 1180. The van der Waals surface area contributed by atoms with Crippen LogP contribution < -0.4 is 15.5 Å². The number of aryl methyl sites for hydroxylation is 1. The molecular formula is C26H26ClFN4OS. The van der Waals surface area contributed by atoms with Gasteiger partial charge in [0.05, 0.1) is 10.6 Å². The summed E-state index contributed by atoms with van der Waals surface area (Å²) in [5.74, 6) is -0.503. The molecule has 3 aromatic carbocycles. The van der Waals surface area contributed by atoms with E-state index in [9.17, 15) is 9.18 Å². The number of carbonyl (C=O) groups excluding carboxylic acids is 1. The second-order valence-electron chi connectivity index (χ2n) is 8.29. The van der Waals surface area contributed by atoms with Crippen LogP contribution in [0.5, 0.6) is 0 Å². The number of thiocarbonyl (C=S) groups is 1. The number of carbonyl (C=O) groups is 1. The van der Waals surface area contributed by atoms with Gasteiger partial charge in [-0.1, -0.05) is 35.9 Å². The summed E-state index contributed by atoms with van der Waals surface area (Å²) >= 11 is 11.5. The molecule has 0 aromatic heterocycles. The Morgan fingerprint density at radius 2 is 1.74 bits per heavy atom. The molecular weight excluding hydrogens is 471 g/mol. The molecule has 1 fully saturated rings. The second kappa shape index (κ2) is 11.0. The Hall–Kier alpha value is -3.00. The van der Waals surface area contributed by atoms with Gasteiger partial charge in [0.15, 0.2) is 5.11 Å². The molecule has 4 rings (SSSR count). The zero-order valence-electron chi connectivity index (χ0n) is 18.9. The minimum Gasteiger partial charge on any atom is -0.369 e. The highest BCUT2D eigenvalue weighted by atomic mass is 35.5. The van der Waals surface area contributed by atoms with Crippen molar-refractivity contribution in [3.8, 4) is 0 Å². The van der Waals surface area contributed by atoms with Gasteiger partial charge in [-0.15, -0.1) is 0 Å². The zero-order valence-corrected chi connectivity index (χ0v) is 20.4. The first kappa shape index (κ1) is 24.1. The van der Waals surface area contributed by atoms with Crippen LogP contribution in [0.1, 0.15) is 21.5 Å². The number of benzene rings is 3. The lowest BCUT2D eigenvalue weighted by atomic mass is 10.1. The van der Waals surface area contributed by atoms with Crippen molar-refractivity contribution in [2.75, 3.05) is 36.4 Å². The van der Waals surface area contributed by atoms with Crippen LogP contribution in [0.25, 0.3) is 0 Å². The number of piperazine rings is 1. The molecule has 0 aliphatic carbocycles. The summed E-state index contributed by atoms with van der Waals surface area (Å²) < 4.78 is 13.9. The van der Waals surface area contributed by atoms with Gasteiger partial charge in [0.2, 0.25) is 0 Å². The van der Waals surface area contributed by atoms with Gasteiger partial charge in [0.1, 0.15) is 5.82 Å². The van der Waals surface area contributed by atoms with Crippen molar-refractivity contribution in [1.82, 2.24) is 10.2 Å². The van der Waals surface area contributed by atoms with Crippen molar-refractivity contribution < 1.29 is 9.18 Å². The van der Waals surface area contributed by atoms with Crippen LogP contribution in [-0.4, -0.2) is 42.1 Å². The molecule has 3 aromatic rings. The molecule has 0 radical (unpaired) electrons. The Balaban J connectivity index is 1.27. The molecule has 0 bridgehead atoms. The third kappa shape index (κ3) is 6.11. The molecule has 8 heteroatoms. The lowest BCUT2D eigenvalue weighted by Crippen LogP contribution is -2.46. The largest absolute Gasteiger partial charge is 0.369 e. The molecule has 0 atom stereocenters. The Kier molecular flexibility index (Phi) is 7.77. The van der Waals surface area contributed by atoms with Crippen LogP contribution in [-0.2, 0) is 6.54 Å². The monoisotopic (exact) mass is 496 g/mol. The molecule has 176 valence electrons. The number of hydrogen-bond acceptors (Lipinski definition) is 4. The van der Waals surface area contributed by atoms with Gasteiger partial charge in [-0.2, -0.15) is 0 Å². The van der Waals surface area contributed by atoms with Crippen molar-refractivity contribution >= 4 is 46.2 Å². The molecule has 0 unspecified atom stereocenters. The van der Waals surface area contributed by atoms with Gasteiger partial charge in [-0.25, -0.2) is 4.39 Å². The SMILES string of the molecule is Cc1ccc(C(=O)NC(=S)Nc2ccc(N3CCN(Cc4ccccc4F)CC3)cc2)c(Cl)c1. The highest BCUT2D eigenvalue weighted by Crippen LogP contribution is 2.21. The summed E-state index contributed by atoms with van der Waals surface area (Å²) in [6.45, 7) is 6.01. The molecule has 1 aliphatic rings. The highest BCUT2D eigenvalue weighted by Gasteiger charge is 2.18. The zero-order chi connectivity index (χ0) is 24.1. The fourth-order valence-corrected chi connectivity index (χ4v) is 4.46. The third-order valence-electron chi connectivity index (χ3n) is 5.81. The molecule has 2 N–H and O–H groups in total. The molecule has 0 saturated carbocycles. The van der Waals surface area contributed by atoms with Crippen LogP contribution in [0, 0.1) is 12.7 Å². The van der Waals surface area contributed by atoms with Crippen LogP contribution in [0.2, 0.25) is 5.02 Å². The average Bonchev–Trinajstić information content (AvgIpc) is 2.81. The first-order valence-corrected chi connectivity index (χ1v) is 11.9. The van der Waals surface area contributed by atoms with E-state index in [2.05, 4.69) is 20.4 Å². The topological polar surface area (TPSA) is 47.6 Å². The molecule has 0 spiro atoms. The number of amides is 1. The van der Waals surface area contributed by atoms with E-state index in [-0.39, 0.29) is 16.8 Å². The van der Waals surface area contributed by atoms with E-state index in [0.29, 0.717) is 17.1 Å². The van der Waals surface area contributed by atoms with E-state index < -0.39 is 0 Å². The van der Waals surface area contributed by atoms with Crippen molar-refractivity contribution in [3.63, 3.8) is 0 Å². The predicted molar refractivity (Wildman–Crippen MR) is 140 cm³/mol. The number of nitrogens with zero attached hydrogens (tertiary/aromatic N) is 2. The van der Waals surface area contributed by atoms with E-state index in [4.69, 9.17) is 23.8 Å². The molecule has 1 saturated heterocycles. The lowest BCUT2D eigenvalue weighted by Gasteiger charge is -2.36. The summed E-state index contributed by atoms with van der Waals surface area (Å²) in [6, 6.07) is 20.1. The summed E-state index contributed by atoms with van der Waals surface area (Å²) in [5.41, 5.74) is 3.98. The molecule has 5 nitrogen and oxygen atoms in total. The van der Waals surface area contributed by atoms with Crippen molar-refractivity contribution in [2.45, 2.75) is 13.5 Å². The molecule has 1 aliphatic heterocycles. The van der Waals surface area contributed by atoms with E-state index in [1.54, 1.807) is 18.2 Å². The van der Waals surface area contributed by atoms with Crippen LogP contribution >= 0.6 is 23.8 Å². The van der Waals surface area contributed by atoms with Gasteiger partial charge < -0.3 is 10.2 Å². The predicted octanol–water partition coefficient (Wildman–Crippen LogP) is 5.24. The van der Waals surface area contributed by atoms with E-state index in [1.807, 2.05) is 49.4 Å². The lowest BCUT2D eigenvalue weighted by molar-refractivity contribution is 0.0978. The number of rotatable bonds is 5. The van der Waals surface area contributed by atoms with Crippen molar-refractivity contribution in [2.24, 2.45) is 0 Å². The Morgan fingerprint density at radius 3 is 2.41 bits per heavy atom. The number of anilines is 2. The average molecular weight is 497 g/mol. The molecule has 1 heterocycles. The molecule has 1 amide bonds. The minimum absolute atomic E-state index is 0.149. The number of hydrogen-bond donors (Lipinski definition) is 2. The normalized spacial score (nSPS) is 14.0. The standard InChI is InChI=1S/C26H26ClFN4OS/c1-18-6-11-22(23(27)16-18)25(33)30-26(34)29-20-7-9-21(10-8-20)32-14-12-31(13-15-32)17-19-4-2-3-5-24(19)28/h2-11,16H,12-15,17H2,1H3,(H2,29,30,33,34). The Morgan fingerprint density at radius 1 is 1.03 bits per heavy atom. The van der Waals surface area contributed by atoms with Crippen molar-refractivity contribution in [1.29, 1.82) is 0 Å². The minimum atomic E-state index is -0.354. The highest BCUT2D eigenvalue weighted by molar-refractivity contribution is 7.80. The van der Waals surface area contributed by atoms with E-state index in [1.165, 1.54) is 6.07 Å². The first-order chi connectivity index (χ1) is 16.4. The van der Waals surface area contributed by atoms with Gasteiger partial charge >= 0.3 is 0 Å². The maximum atomic E-state index is 13.9. The summed E-state index contributed by atoms with van der Waals surface area (Å²) in [6.07, 6.45) is 0. The van der Waals surface area contributed by atoms with Crippen LogP contribution in [0.15, 0.2) is 66.7 Å². The number of nitrogens with one attached hydrogen (secondary N) is 2. The summed E-state index contributed by atoms with van der Waals surface area (Å²) in [4.78, 5) is 17.0. The third-order valence-corrected chi connectivity index (χ3v) is 6.33. The van der Waals surface area contributed by atoms with Gasteiger partial charge in [0, 0.05) is 49.7 Å². The maximum absolute atomic E-state index is 13.9. The molecule has 34 heavy (non-hydrogen) atoms. The van der Waals surface area contributed by atoms with Gasteiger partial charge in [-0.3, -0.25) is 15.0 Å². The maximum Gasteiger partial charge on any atom is 0.258 e. The fraction of sp³-hybridized carbons (Fsp3) is 0.231. The van der Waals surface area contributed by atoms with E-state index in [0.717, 1.165) is 48.7 Å². The van der Waals surface area contributed by atoms with Crippen LogP contribution in [0.3, 0.4) is 0 Å². The van der Waals surface area contributed by atoms with Crippen molar-refractivity contribution in [3.05, 3.63) is 94.3 Å². The van der Waals surface area contributed by atoms with Gasteiger partial charge in [0.25, 0.3) is 5.91 Å². The summed E-state index contributed by atoms with van der Waals surface area (Å²) in [7, 11) is 0. The second-order valence-corrected chi connectivity index (χ2v) is 9.11. The van der Waals surface area contributed by atoms with E-state index >= 15 is 0 Å². The van der Waals surface area contributed by atoms with Gasteiger partial charge in [-0.05, 0) is 67.2 Å². The Labute approximate surface area is 209 Å². The number of halogens is 2. The first-order valence-electron chi connectivity index (χ1n) is 11.1. The quantitative estimate of drug-likeness (QED) is 0.473. The fourth-order valence-electron chi connectivity index (χ4n) is 3.92.